The molecule has 0 unspecified atom stereocenters. The van der Waals surface area contributed by atoms with Crippen LogP contribution in [0.4, 0.5) is 0 Å². The second kappa shape index (κ2) is 10.1. The fraction of sp³-hybridized carbons (Fsp3) is 0.400. The maximum atomic E-state index is 6.12. The maximum Gasteiger partial charge on any atom is 0.125 e. The molecule has 29 heavy (non-hydrogen) atoms. The van der Waals surface area contributed by atoms with Gasteiger partial charge in [-0.2, -0.15) is 0 Å². The van der Waals surface area contributed by atoms with Crippen LogP contribution in [-0.2, 0) is 11.4 Å². The number of oxime groups is 1. The van der Waals surface area contributed by atoms with E-state index in [0.717, 1.165) is 39.5 Å². The molecule has 0 atom stereocenters. The van der Waals surface area contributed by atoms with Crippen LogP contribution in [0.5, 0.6) is 11.5 Å². The van der Waals surface area contributed by atoms with Crippen molar-refractivity contribution in [2.45, 2.75) is 48.1 Å². The number of nitrogens with zero attached hydrogens (tertiary/aromatic N) is 1. The summed E-state index contributed by atoms with van der Waals surface area (Å²) in [5.41, 5.74) is 5.12. The van der Waals surface area contributed by atoms with Gasteiger partial charge in [-0.1, -0.05) is 62.3 Å². The van der Waals surface area contributed by atoms with Crippen LogP contribution >= 0.6 is 0 Å². The number of rotatable bonds is 8. The van der Waals surface area contributed by atoms with Gasteiger partial charge >= 0.3 is 0 Å². The first kappa shape index (κ1) is 22.5. The molecule has 4 heteroatoms. The van der Waals surface area contributed by atoms with Crippen LogP contribution in [0.25, 0.3) is 0 Å². The van der Waals surface area contributed by atoms with Crippen LogP contribution in [0, 0.1) is 19.3 Å². The molecule has 0 radical (unpaired) electrons. The molecule has 0 saturated carbocycles. The highest BCUT2D eigenvalue weighted by Crippen LogP contribution is 2.29. The molecule has 0 bridgehead atoms. The van der Waals surface area contributed by atoms with Crippen LogP contribution in [0.1, 0.15) is 49.9 Å². The van der Waals surface area contributed by atoms with Crippen LogP contribution in [0.2, 0.25) is 0 Å². The van der Waals surface area contributed by atoms with E-state index in [1.807, 2.05) is 45.1 Å². The molecule has 4 nitrogen and oxygen atoms in total. The predicted octanol–water partition coefficient (Wildman–Crippen LogP) is 6.23. The lowest BCUT2D eigenvalue weighted by Crippen LogP contribution is -2.21. The van der Waals surface area contributed by atoms with E-state index in [0.29, 0.717) is 13.2 Å². The molecule has 0 N–H and O–H groups in total. The molecule has 0 aliphatic rings. The van der Waals surface area contributed by atoms with Gasteiger partial charge in [0.2, 0.25) is 0 Å². The Morgan fingerprint density at radius 1 is 1.00 bits per heavy atom. The van der Waals surface area contributed by atoms with Gasteiger partial charge in [-0.25, -0.2) is 0 Å². The quantitative estimate of drug-likeness (QED) is 0.302. The zero-order valence-electron chi connectivity index (χ0n) is 18.7. The lowest BCUT2D eigenvalue weighted by molar-refractivity contribution is 0.209. The second-order valence-electron chi connectivity index (χ2n) is 8.12. The van der Waals surface area contributed by atoms with Gasteiger partial charge in [-0.05, 0) is 55.2 Å². The molecule has 0 aliphatic carbocycles. The van der Waals surface area contributed by atoms with Gasteiger partial charge in [-0.3, -0.25) is 0 Å². The Morgan fingerprint density at radius 2 is 1.62 bits per heavy atom. The predicted molar refractivity (Wildman–Crippen MR) is 120 cm³/mol. The highest BCUT2D eigenvalue weighted by Gasteiger charge is 2.21. The van der Waals surface area contributed by atoms with Gasteiger partial charge in [0.1, 0.15) is 31.8 Å². The number of ether oxygens (including phenoxy) is 2. The molecule has 0 aromatic heterocycles. The van der Waals surface area contributed by atoms with E-state index in [1.54, 1.807) is 7.11 Å². The molecule has 0 fully saturated rings. The van der Waals surface area contributed by atoms with Crippen LogP contribution in [0.15, 0.2) is 53.7 Å². The lowest BCUT2D eigenvalue weighted by Gasteiger charge is -2.21. The summed E-state index contributed by atoms with van der Waals surface area (Å²) >= 11 is 0. The monoisotopic (exact) mass is 395 g/mol. The third kappa shape index (κ3) is 6.38. The van der Waals surface area contributed by atoms with Crippen molar-refractivity contribution in [1.29, 1.82) is 0 Å². The van der Waals surface area contributed by atoms with Gasteiger partial charge < -0.3 is 14.3 Å². The molecular formula is C25H33NO3. The average Bonchev–Trinajstić information content (AvgIpc) is 2.65. The summed E-state index contributed by atoms with van der Waals surface area (Å²) in [7, 11) is 1.58. The molecule has 0 aliphatic heterocycles. The van der Waals surface area contributed by atoms with Gasteiger partial charge in [0.05, 0.1) is 5.71 Å². The minimum absolute atomic E-state index is 0.0982. The van der Waals surface area contributed by atoms with E-state index in [2.05, 4.69) is 50.2 Å². The maximum absolute atomic E-state index is 6.12. The smallest absolute Gasteiger partial charge is 0.125 e. The summed E-state index contributed by atoms with van der Waals surface area (Å²) in [5.74, 6) is 1.77. The summed E-state index contributed by atoms with van der Waals surface area (Å²) < 4.78 is 11.9. The zero-order chi connectivity index (χ0) is 21.4. The summed E-state index contributed by atoms with van der Waals surface area (Å²) in [6, 6.07) is 12.3. The normalized spacial score (nSPS) is 12.3. The highest BCUT2D eigenvalue weighted by atomic mass is 16.6. The standard InChI is InChI=1S/C25H33NO3/c1-8-9-14-28-22-15-18(2)23(19(3)16-22)29-17-20-10-12-21(13-11-20)24(26-27-7)25(4,5)6/h8-13,15-16H,14,17H2,1-7H3/b9-8+,26-24-. The number of aryl methyl sites for hydroxylation is 2. The van der Waals surface area contributed by atoms with Crippen molar-refractivity contribution in [3.8, 4) is 11.5 Å². The summed E-state index contributed by atoms with van der Waals surface area (Å²) in [6.45, 7) is 13.5. The molecule has 2 aromatic carbocycles. The second-order valence-corrected chi connectivity index (χ2v) is 8.12. The van der Waals surface area contributed by atoms with Crippen molar-refractivity contribution in [3.05, 3.63) is 70.8 Å². The Kier molecular flexibility index (Phi) is 7.89. The Morgan fingerprint density at radius 3 is 2.14 bits per heavy atom. The molecular weight excluding hydrogens is 362 g/mol. The van der Waals surface area contributed by atoms with E-state index in [-0.39, 0.29) is 5.41 Å². The SMILES string of the molecule is C/C=C/COc1cc(C)c(OCc2ccc(/C(=N/OC)C(C)(C)C)cc2)c(C)c1. The molecule has 2 aromatic rings. The molecule has 0 heterocycles. The van der Waals surface area contributed by atoms with Gasteiger partial charge in [0.15, 0.2) is 0 Å². The third-order valence-electron chi connectivity index (χ3n) is 4.52. The van der Waals surface area contributed by atoms with E-state index in [1.165, 1.54) is 0 Å². The minimum atomic E-state index is -0.0982. The first-order chi connectivity index (χ1) is 13.8. The molecule has 0 saturated heterocycles. The number of allylic oxidation sites excluding steroid dienone is 1. The van der Waals surface area contributed by atoms with Gasteiger partial charge in [0, 0.05) is 5.41 Å². The first-order valence-corrected chi connectivity index (χ1v) is 9.95. The van der Waals surface area contributed by atoms with Crippen molar-refractivity contribution in [1.82, 2.24) is 0 Å². The van der Waals surface area contributed by atoms with Crippen molar-refractivity contribution in [2.24, 2.45) is 10.6 Å². The summed E-state index contributed by atoms with van der Waals surface area (Å²) in [6.07, 6.45) is 3.97. The largest absolute Gasteiger partial charge is 0.490 e. The number of hydrogen-bond donors (Lipinski definition) is 0. The van der Waals surface area contributed by atoms with Gasteiger partial charge in [0.25, 0.3) is 0 Å². The first-order valence-electron chi connectivity index (χ1n) is 9.95. The van der Waals surface area contributed by atoms with Crippen LogP contribution < -0.4 is 9.47 Å². The molecule has 0 amide bonds. The minimum Gasteiger partial charge on any atom is -0.490 e. The summed E-state index contributed by atoms with van der Waals surface area (Å²) in [5, 5.41) is 4.22. The number of benzene rings is 2. The third-order valence-corrected chi connectivity index (χ3v) is 4.52. The van der Waals surface area contributed by atoms with E-state index < -0.39 is 0 Å². The average molecular weight is 396 g/mol. The van der Waals surface area contributed by atoms with Gasteiger partial charge in [-0.15, -0.1) is 0 Å². The van der Waals surface area contributed by atoms with Crippen molar-refractivity contribution < 1.29 is 14.3 Å². The Balaban J connectivity index is 2.09. The Hall–Kier alpha value is -2.75. The van der Waals surface area contributed by atoms with E-state index >= 15 is 0 Å². The van der Waals surface area contributed by atoms with Crippen LogP contribution in [0.3, 0.4) is 0 Å². The molecule has 2 rings (SSSR count). The van der Waals surface area contributed by atoms with Crippen molar-refractivity contribution in [3.63, 3.8) is 0 Å². The summed E-state index contributed by atoms with van der Waals surface area (Å²) in [4.78, 5) is 5.04. The van der Waals surface area contributed by atoms with Crippen LogP contribution in [-0.4, -0.2) is 19.4 Å². The van der Waals surface area contributed by atoms with Crippen molar-refractivity contribution in [2.75, 3.05) is 13.7 Å². The molecule has 0 spiro atoms. The lowest BCUT2D eigenvalue weighted by atomic mass is 9.85. The zero-order valence-corrected chi connectivity index (χ0v) is 18.7. The Labute approximate surface area is 175 Å². The number of hydrogen-bond acceptors (Lipinski definition) is 4. The highest BCUT2D eigenvalue weighted by molar-refractivity contribution is 6.03. The fourth-order valence-corrected chi connectivity index (χ4v) is 3.09. The van der Waals surface area contributed by atoms with E-state index in [9.17, 15) is 0 Å². The fourth-order valence-electron chi connectivity index (χ4n) is 3.09. The van der Waals surface area contributed by atoms with Crippen molar-refractivity contribution >= 4 is 5.71 Å². The topological polar surface area (TPSA) is 40.0 Å². The Bertz CT molecular complexity index is 836. The van der Waals surface area contributed by atoms with E-state index in [4.69, 9.17) is 14.3 Å². The molecule has 156 valence electrons.